The molecular formula is C13H23NO4. The number of ether oxygens (including phenoxy) is 1. The van der Waals surface area contributed by atoms with E-state index in [0.717, 1.165) is 12.8 Å². The van der Waals surface area contributed by atoms with Crippen LogP contribution in [0, 0.1) is 11.8 Å². The van der Waals surface area contributed by atoms with E-state index in [4.69, 9.17) is 9.84 Å². The average molecular weight is 257 g/mol. The quantitative estimate of drug-likeness (QED) is 0.730. The third-order valence-corrected chi connectivity index (χ3v) is 3.52. The number of nitrogens with zero attached hydrogens (tertiary/aromatic N) is 1. The van der Waals surface area contributed by atoms with Crippen LogP contribution in [0.4, 0.5) is 0 Å². The maximum Gasteiger partial charge on any atom is 0.306 e. The van der Waals surface area contributed by atoms with Crippen molar-refractivity contribution < 1.29 is 19.4 Å². The van der Waals surface area contributed by atoms with Crippen LogP contribution in [0.2, 0.25) is 0 Å². The second-order valence-corrected chi connectivity index (χ2v) is 4.86. The van der Waals surface area contributed by atoms with Gasteiger partial charge in [-0.25, -0.2) is 0 Å². The van der Waals surface area contributed by atoms with E-state index in [0.29, 0.717) is 32.6 Å². The third kappa shape index (κ3) is 4.29. The number of carboxylic acids is 1. The maximum atomic E-state index is 12.1. The first-order valence-corrected chi connectivity index (χ1v) is 6.61. The minimum atomic E-state index is -0.774. The lowest BCUT2D eigenvalue weighted by Crippen LogP contribution is -2.38. The molecule has 2 unspecified atom stereocenters. The van der Waals surface area contributed by atoms with Crippen molar-refractivity contribution in [2.75, 3.05) is 26.8 Å². The topological polar surface area (TPSA) is 66.8 Å². The second-order valence-electron chi connectivity index (χ2n) is 4.86. The molecule has 5 heteroatoms. The highest BCUT2D eigenvalue weighted by molar-refractivity contribution is 5.80. The van der Waals surface area contributed by atoms with E-state index in [1.54, 1.807) is 11.9 Å². The van der Waals surface area contributed by atoms with Crippen molar-refractivity contribution in [1.29, 1.82) is 0 Å². The third-order valence-electron chi connectivity index (χ3n) is 3.52. The molecule has 0 bridgehead atoms. The van der Waals surface area contributed by atoms with Crippen molar-refractivity contribution in [1.82, 2.24) is 4.90 Å². The van der Waals surface area contributed by atoms with Gasteiger partial charge in [0.2, 0.25) is 5.91 Å². The highest BCUT2D eigenvalue weighted by atomic mass is 16.5. The molecule has 5 nitrogen and oxygen atoms in total. The van der Waals surface area contributed by atoms with Gasteiger partial charge < -0.3 is 14.7 Å². The summed E-state index contributed by atoms with van der Waals surface area (Å²) in [5, 5.41) is 9.00. The Morgan fingerprint density at radius 1 is 1.33 bits per heavy atom. The normalized spacial score (nSPS) is 23.7. The molecule has 0 heterocycles. The fourth-order valence-corrected chi connectivity index (χ4v) is 2.41. The van der Waals surface area contributed by atoms with Crippen LogP contribution in [0.5, 0.6) is 0 Å². The van der Waals surface area contributed by atoms with Crippen LogP contribution < -0.4 is 0 Å². The van der Waals surface area contributed by atoms with Gasteiger partial charge in [0.25, 0.3) is 0 Å². The Morgan fingerprint density at radius 3 is 2.61 bits per heavy atom. The highest BCUT2D eigenvalue weighted by Crippen LogP contribution is 2.30. The minimum absolute atomic E-state index is 0.0562. The van der Waals surface area contributed by atoms with E-state index < -0.39 is 5.97 Å². The standard InChI is InChI=1S/C13H23NO4/c1-3-18-8-7-14(2)12(15)10-5-4-6-11(9-10)13(16)17/h10-11H,3-9H2,1-2H3,(H,16,17). The van der Waals surface area contributed by atoms with E-state index in [1.165, 1.54) is 0 Å². The number of aliphatic carboxylic acids is 1. The van der Waals surface area contributed by atoms with Crippen LogP contribution in [0.3, 0.4) is 0 Å². The molecule has 1 fully saturated rings. The number of carbonyl (C=O) groups is 2. The van der Waals surface area contributed by atoms with Crippen LogP contribution in [-0.4, -0.2) is 48.7 Å². The smallest absolute Gasteiger partial charge is 0.306 e. The summed E-state index contributed by atoms with van der Waals surface area (Å²) in [5.74, 6) is -1.20. The number of carboxylic acid groups (broad SMARTS) is 1. The number of amides is 1. The van der Waals surface area contributed by atoms with Crippen LogP contribution in [0.1, 0.15) is 32.6 Å². The summed E-state index contributed by atoms with van der Waals surface area (Å²) in [6.07, 6.45) is 2.81. The first-order chi connectivity index (χ1) is 8.56. The Balaban J connectivity index is 2.42. The van der Waals surface area contributed by atoms with Gasteiger partial charge in [-0.3, -0.25) is 9.59 Å². The molecule has 0 aromatic heterocycles. The van der Waals surface area contributed by atoms with Crippen molar-refractivity contribution in [2.45, 2.75) is 32.6 Å². The van der Waals surface area contributed by atoms with Gasteiger partial charge in [-0.2, -0.15) is 0 Å². The Bertz CT molecular complexity index is 293. The lowest BCUT2D eigenvalue weighted by Gasteiger charge is -2.29. The van der Waals surface area contributed by atoms with Crippen LogP contribution in [-0.2, 0) is 14.3 Å². The Hall–Kier alpha value is -1.10. The lowest BCUT2D eigenvalue weighted by molar-refractivity contribution is -0.145. The van der Waals surface area contributed by atoms with E-state index in [-0.39, 0.29) is 17.7 Å². The first kappa shape index (κ1) is 15.0. The molecular weight excluding hydrogens is 234 g/mol. The monoisotopic (exact) mass is 257 g/mol. The zero-order valence-electron chi connectivity index (χ0n) is 11.2. The van der Waals surface area contributed by atoms with Gasteiger partial charge in [-0.1, -0.05) is 6.42 Å². The molecule has 2 atom stereocenters. The second kappa shape index (κ2) is 7.36. The summed E-state index contributed by atoms with van der Waals surface area (Å²) in [6, 6.07) is 0. The number of hydrogen-bond donors (Lipinski definition) is 1. The first-order valence-electron chi connectivity index (χ1n) is 6.61. The van der Waals surface area contributed by atoms with E-state index in [2.05, 4.69) is 0 Å². The van der Waals surface area contributed by atoms with E-state index in [1.807, 2.05) is 6.92 Å². The summed E-state index contributed by atoms with van der Waals surface area (Å²) < 4.78 is 5.21. The average Bonchev–Trinajstić information content (AvgIpc) is 2.38. The maximum absolute atomic E-state index is 12.1. The number of hydrogen-bond acceptors (Lipinski definition) is 3. The SMILES string of the molecule is CCOCCN(C)C(=O)C1CCCC(C(=O)O)C1. The molecule has 1 N–H and O–H groups in total. The number of rotatable bonds is 6. The van der Waals surface area contributed by atoms with Gasteiger partial charge in [-0.05, 0) is 26.2 Å². The van der Waals surface area contributed by atoms with Gasteiger partial charge in [0.15, 0.2) is 0 Å². The van der Waals surface area contributed by atoms with Gasteiger partial charge in [0.1, 0.15) is 0 Å². The molecule has 18 heavy (non-hydrogen) atoms. The molecule has 1 aliphatic rings. The van der Waals surface area contributed by atoms with E-state index >= 15 is 0 Å². The molecule has 1 rings (SSSR count). The molecule has 1 saturated carbocycles. The van der Waals surface area contributed by atoms with Crippen molar-refractivity contribution in [3.63, 3.8) is 0 Å². The molecule has 0 spiro atoms. The van der Waals surface area contributed by atoms with Crippen LogP contribution in [0.15, 0.2) is 0 Å². The van der Waals surface area contributed by atoms with Gasteiger partial charge in [-0.15, -0.1) is 0 Å². The van der Waals surface area contributed by atoms with Crippen molar-refractivity contribution in [3.05, 3.63) is 0 Å². The summed E-state index contributed by atoms with van der Waals surface area (Å²) in [6.45, 7) is 3.67. The molecule has 0 aromatic carbocycles. The zero-order chi connectivity index (χ0) is 13.5. The molecule has 104 valence electrons. The van der Waals surface area contributed by atoms with E-state index in [9.17, 15) is 9.59 Å². The zero-order valence-corrected chi connectivity index (χ0v) is 11.2. The molecule has 1 aliphatic carbocycles. The number of carbonyl (C=O) groups excluding carboxylic acids is 1. The molecule has 1 amide bonds. The van der Waals surface area contributed by atoms with Crippen molar-refractivity contribution in [3.8, 4) is 0 Å². The Morgan fingerprint density at radius 2 is 2.00 bits per heavy atom. The highest BCUT2D eigenvalue weighted by Gasteiger charge is 2.32. The van der Waals surface area contributed by atoms with Gasteiger partial charge in [0.05, 0.1) is 12.5 Å². The van der Waals surface area contributed by atoms with Crippen molar-refractivity contribution in [2.24, 2.45) is 11.8 Å². The van der Waals surface area contributed by atoms with Crippen LogP contribution >= 0.6 is 0 Å². The van der Waals surface area contributed by atoms with Crippen molar-refractivity contribution >= 4 is 11.9 Å². The summed E-state index contributed by atoms with van der Waals surface area (Å²) in [5.41, 5.74) is 0. The Labute approximate surface area is 108 Å². The predicted molar refractivity (Wildman–Crippen MR) is 67.2 cm³/mol. The predicted octanol–water partition coefficient (Wildman–Crippen LogP) is 1.37. The lowest BCUT2D eigenvalue weighted by atomic mass is 9.81. The summed E-state index contributed by atoms with van der Waals surface area (Å²) >= 11 is 0. The summed E-state index contributed by atoms with van der Waals surface area (Å²) in [7, 11) is 1.76. The largest absolute Gasteiger partial charge is 0.481 e. The molecule has 0 aromatic rings. The molecule has 0 saturated heterocycles. The molecule has 0 aliphatic heterocycles. The van der Waals surface area contributed by atoms with Crippen LogP contribution in [0.25, 0.3) is 0 Å². The number of likely N-dealkylation sites (N-methyl/N-ethyl adjacent to an activating group) is 1. The summed E-state index contributed by atoms with van der Waals surface area (Å²) in [4.78, 5) is 24.8. The Kier molecular flexibility index (Phi) is 6.12. The molecule has 0 radical (unpaired) electrons. The van der Waals surface area contributed by atoms with Gasteiger partial charge in [0, 0.05) is 26.1 Å². The fraction of sp³-hybridized carbons (Fsp3) is 0.846. The van der Waals surface area contributed by atoms with Gasteiger partial charge >= 0.3 is 5.97 Å². The fourth-order valence-electron chi connectivity index (χ4n) is 2.41. The minimum Gasteiger partial charge on any atom is -0.481 e.